The minimum Gasteiger partial charge on any atom is -0.394 e. The summed E-state index contributed by atoms with van der Waals surface area (Å²) in [5.41, 5.74) is -0.0774. The van der Waals surface area contributed by atoms with Crippen molar-refractivity contribution in [3.05, 3.63) is 0 Å². The molecule has 0 fully saturated rings. The molecule has 0 rings (SSSR count). The maximum Gasteiger partial charge on any atom is 0.0610 e. The molecule has 0 amide bonds. The third kappa shape index (κ3) is 7.53. The van der Waals surface area contributed by atoms with Crippen LogP contribution < -0.4 is 5.32 Å². The molecule has 0 saturated heterocycles. The van der Waals surface area contributed by atoms with Gasteiger partial charge in [-0.05, 0) is 44.9 Å². The lowest BCUT2D eigenvalue weighted by Crippen LogP contribution is -2.46. The van der Waals surface area contributed by atoms with Gasteiger partial charge in [0, 0.05) is 10.8 Å². The highest BCUT2D eigenvalue weighted by atomic mass is 32.2. The summed E-state index contributed by atoms with van der Waals surface area (Å²) in [4.78, 5) is 0. The van der Waals surface area contributed by atoms with Crippen LogP contribution in [0.4, 0.5) is 0 Å². The fourth-order valence-electron chi connectivity index (χ4n) is 1.51. The molecule has 0 spiro atoms. The summed E-state index contributed by atoms with van der Waals surface area (Å²) in [7, 11) is 0. The van der Waals surface area contributed by atoms with E-state index in [1.54, 1.807) is 0 Å². The van der Waals surface area contributed by atoms with Crippen LogP contribution in [0.5, 0.6) is 0 Å². The normalized spacial score (nSPS) is 17.1. The zero-order valence-corrected chi connectivity index (χ0v) is 12.2. The summed E-state index contributed by atoms with van der Waals surface area (Å²) in [5.74, 6) is 1.21. The summed E-state index contributed by atoms with van der Waals surface area (Å²) in [6.07, 6.45) is 4.61. The molecule has 0 aromatic rings. The maximum atomic E-state index is 9.40. The average Bonchev–Trinajstić information content (AvgIpc) is 2.31. The number of thioether (sulfide) groups is 1. The molecule has 0 radical (unpaired) electrons. The van der Waals surface area contributed by atoms with E-state index >= 15 is 0 Å². The van der Waals surface area contributed by atoms with E-state index in [0.717, 1.165) is 24.6 Å². The number of hydrogen-bond donors (Lipinski definition) is 2. The van der Waals surface area contributed by atoms with Crippen LogP contribution in [0.3, 0.4) is 0 Å². The van der Waals surface area contributed by atoms with E-state index in [2.05, 4.69) is 33.0 Å². The van der Waals surface area contributed by atoms with Crippen molar-refractivity contribution in [1.29, 1.82) is 0 Å². The fraction of sp³-hybridized carbons (Fsp3) is 1.00. The quantitative estimate of drug-likeness (QED) is 0.582. The summed E-state index contributed by atoms with van der Waals surface area (Å²) < 4.78 is 0. The highest BCUT2D eigenvalue weighted by molar-refractivity contribution is 7.99. The van der Waals surface area contributed by atoms with Crippen LogP contribution in [0.2, 0.25) is 0 Å². The number of nitrogens with one attached hydrogen (secondary N) is 1. The minimum absolute atomic E-state index is 0.0774. The van der Waals surface area contributed by atoms with E-state index in [1.165, 1.54) is 18.6 Å². The van der Waals surface area contributed by atoms with Crippen molar-refractivity contribution in [1.82, 2.24) is 5.32 Å². The van der Waals surface area contributed by atoms with Crippen molar-refractivity contribution >= 4 is 11.8 Å². The van der Waals surface area contributed by atoms with E-state index in [0.29, 0.717) is 0 Å². The molecule has 16 heavy (non-hydrogen) atoms. The van der Waals surface area contributed by atoms with Gasteiger partial charge in [0.15, 0.2) is 0 Å². The van der Waals surface area contributed by atoms with Gasteiger partial charge in [0.25, 0.3) is 0 Å². The van der Waals surface area contributed by atoms with Crippen LogP contribution in [0, 0.1) is 0 Å². The molecule has 98 valence electrons. The van der Waals surface area contributed by atoms with Gasteiger partial charge in [-0.15, -0.1) is 0 Å². The largest absolute Gasteiger partial charge is 0.394 e. The first kappa shape index (κ1) is 16.3. The van der Waals surface area contributed by atoms with E-state index in [4.69, 9.17) is 0 Å². The summed E-state index contributed by atoms with van der Waals surface area (Å²) >= 11 is 2.04. The Morgan fingerprint density at radius 2 is 2.06 bits per heavy atom. The molecule has 3 heteroatoms. The Morgan fingerprint density at radius 1 is 1.38 bits per heavy atom. The van der Waals surface area contributed by atoms with Gasteiger partial charge in [-0.25, -0.2) is 0 Å². The predicted molar refractivity (Wildman–Crippen MR) is 75.2 cm³/mol. The van der Waals surface area contributed by atoms with Crippen LogP contribution in [-0.4, -0.2) is 34.8 Å². The van der Waals surface area contributed by atoms with E-state index < -0.39 is 0 Å². The Kier molecular flexibility index (Phi) is 9.47. The lowest BCUT2D eigenvalue weighted by Gasteiger charge is -2.29. The van der Waals surface area contributed by atoms with Gasteiger partial charge in [0.05, 0.1) is 6.61 Å². The lowest BCUT2D eigenvalue weighted by molar-refractivity contribution is 0.165. The van der Waals surface area contributed by atoms with Gasteiger partial charge < -0.3 is 10.4 Å². The predicted octanol–water partition coefficient (Wildman–Crippen LogP) is 3.05. The molecule has 0 aromatic carbocycles. The average molecular weight is 247 g/mol. The molecule has 0 saturated carbocycles. The first-order chi connectivity index (χ1) is 7.58. The number of hydrogen-bond acceptors (Lipinski definition) is 3. The van der Waals surface area contributed by atoms with Gasteiger partial charge in [0.1, 0.15) is 0 Å². The lowest BCUT2D eigenvalue weighted by atomic mass is 9.97. The topological polar surface area (TPSA) is 32.3 Å². The molecule has 0 heterocycles. The molecule has 0 aliphatic heterocycles. The van der Waals surface area contributed by atoms with Crippen LogP contribution >= 0.6 is 11.8 Å². The van der Waals surface area contributed by atoms with Crippen molar-refractivity contribution in [3.63, 3.8) is 0 Å². The SMILES string of the molecule is CCCNC(C)(CO)CCCSC(C)CC. The second kappa shape index (κ2) is 9.32. The third-order valence-electron chi connectivity index (χ3n) is 3.00. The molecule has 2 unspecified atom stereocenters. The Morgan fingerprint density at radius 3 is 2.56 bits per heavy atom. The van der Waals surface area contributed by atoms with Gasteiger partial charge >= 0.3 is 0 Å². The molecule has 0 aromatic heterocycles. The van der Waals surface area contributed by atoms with Crippen LogP contribution in [-0.2, 0) is 0 Å². The van der Waals surface area contributed by atoms with Crippen LogP contribution in [0.15, 0.2) is 0 Å². The number of aliphatic hydroxyl groups is 1. The minimum atomic E-state index is -0.0774. The van der Waals surface area contributed by atoms with Crippen molar-refractivity contribution < 1.29 is 5.11 Å². The fourth-order valence-corrected chi connectivity index (χ4v) is 2.46. The van der Waals surface area contributed by atoms with Crippen molar-refractivity contribution in [2.45, 2.75) is 64.2 Å². The molecule has 2 nitrogen and oxygen atoms in total. The molecular formula is C13H29NOS. The zero-order chi connectivity index (χ0) is 12.4. The van der Waals surface area contributed by atoms with Crippen LogP contribution in [0.25, 0.3) is 0 Å². The molecule has 0 aliphatic carbocycles. The van der Waals surface area contributed by atoms with Crippen LogP contribution in [0.1, 0.15) is 53.4 Å². The zero-order valence-electron chi connectivity index (χ0n) is 11.4. The summed E-state index contributed by atoms with van der Waals surface area (Å²) in [5, 5.41) is 13.6. The second-order valence-corrected chi connectivity index (χ2v) is 6.39. The van der Waals surface area contributed by atoms with Gasteiger partial charge in [-0.3, -0.25) is 0 Å². The standard InChI is InChI=1S/C13H29NOS/c1-5-9-14-13(4,11-15)8-7-10-16-12(3)6-2/h12,14-15H,5-11H2,1-4H3. The van der Waals surface area contributed by atoms with E-state index in [9.17, 15) is 5.11 Å². The maximum absolute atomic E-state index is 9.40. The van der Waals surface area contributed by atoms with Crippen molar-refractivity contribution in [3.8, 4) is 0 Å². The smallest absolute Gasteiger partial charge is 0.0610 e. The first-order valence-electron chi connectivity index (χ1n) is 6.55. The molecular weight excluding hydrogens is 218 g/mol. The highest BCUT2D eigenvalue weighted by Gasteiger charge is 2.21. The van der Waals surface area contributed by atoms with Gasteiger partial charge in [-0.1, -0.05) is 20.8 Å². The molecule has 0 bridgehead atoms. The Labute approximate surface area is 106 Å². The first-order valence-corrected chi connectivity index (χ1v) is 7.60. The van der Waals surface area contributed by atoms with Gasteiger partial charge in [-0.2, -0.15) is 11.8 Å². The molecule has 2 atom stereocenters. The van der Waals surface area contributed by atoms with Gasteiger partial charge in [0.2, 0.25) is 0 Å². The Hall–Kier alpha value is 0.270. The molecule has 2 N–H and O–H groups in total. The van der Waals surface area contributed by atoms with Crippen molar-refractivity contribution in [2.75, 3.05) is 18.9 Å². The monoisotopic (exact) mass is 247 g/mol. The van der Waals surface area contributed by atoms with E-state index in [1.807, 2.05) is 11.8 Å². The number of aliphatic hydroxyl groups excluding tert-OH is 1. The van der Waals surface area contributed by atoms with E-state index in [-0.39, 0.29) is 12.1 Å². The molecule has 0 aliphatic rings. The number of rotatable bonds is 10. The van der Waals surface area contributed by atoms with Crippen molar-refractivity contribution in [2.24, 2.45) is 0 Å². The highest BCUT2D eigenvalue weighted by Crippen LogP contribution is 2.18. The summed E-state index contributed by atoms with van der Waals surface area (Å²) in [6, 6.07) is 0. The Bertz CT molecular complexity index is 166. The third-order valence-corrected chi connectivity index (χ3v) is 4.43. The Balaban J connectivity index is 3.68. The summed E-state index contributed by atoms with van der Waals surface area (Å²) in [6.45, 7) is 10.0. The second-order valence-electron chi connectivity index (χ2n) is 4.84.